The SMILES string of the molecule is CCn1nc(C(C)C)cc1C(=O)Nc1ccccc1C(=O)N(C)C1CCCCC1. The standard InChI is InChI=1S/C23H32N4O2/c1-5-27-21(15-20(25-27)16(2)3)22(28)24-19-14-10-9-13-18(19)23(29)26(4)17-11-7-6-8-12-17/h9-10,13-17H,5-8,11-12H2,1-4H3,(H,24,28). The maximum absolute atomic E-state index is 13.2. The molecule has 6 heteroatoms. The molecule has 2 aromatic rings. The van der Waals surface area contributed by atoms with E-state index in [1.54, 1.807) is 16.8 Å². The van der Waals surface area contributed by atoms with Gasteiger partial charge in [-0.1, -0.05) is 45.2 Å². The first-order chi connectivity index (χ1) is 13.9. The molecule has 1 aromatic heterocycles. The van der Waals surface area contributed by atoms with Crippen LogP contribution >= 0.6 is 0 Å². The van der Waals surface area contributed by atoms with Crippen LogP contribution in [0.5, 0.6) is 0 Å². The van der Waals surface area contributed by atoms with Crippen LogP contribution in [0.15, 0.2) is 30.3 Å². The highest BCUT2D eigenvalue weighted by Crippen LogP contribution is 2.25. The second-order valence-electron chi connectivity index (χ2n) is 8.13. The quantitative estimate of drug-likeness (QED) is 0.771. The van der Waals surface area contributed by atoms with E-state index >= 15 is 0 Å². The molecule has 0 spiro atoms. The first-order valence-corrected chi connectivity index (χ1v) is 10.7. The zero-order valence-corrected chi connectivity index (χ0v) is 17.9. The smallest absolute Gasteiger partial charge is 0.273 e. The Hall–Kier alpha value is -2.63. The molecule has 1 fully saturated rings. The lowest BCUT2D eigenvalue weighted by molar-refractivity contribution is 0.0697. The zero-order chi connectivity index (χ0) is 21.0. The van der Waals surface area contributed by atoms with Gasteiger partial charge in [-0.05, 0) is 43.9 Å². The first-order valence-electron chi connectivity index (χ1n) is 10.7. The van der Waals surface area contributed by atoms with Gasteiger partial charge in [-0.3, -0.25) is 14.3 Å². The molecule has 1 heterocycles. The molecule has 0 saturated heterocycles. The van der Waals surface area contributed by atoms with Crippen molar-refractivity contribution in [2.75, 3.05) is 12.4 Å². The Morgan fingerprint density at radius 3 is 2.55 bits per heavy atom. The molecule has 156 valence electrons. The predicted octanol–water partition coefficient (Wildman–Crippen LogP) is 4.68. The third kappa shape index (κ3) is 4.69. The van der Waals surface area contributed by atoms with Gasteiger partial charge >= 0.3 is 0 Å². The monoisotopic (exact) mass is 396 g/mol. The van der Waals surface area contributed by atoms with Crippen LogP contribution in [-0.4, -0.2) is 39.6 Å². The molecule has 0 aliphatic heterocycles. The van der Waals surface area contributed by atoms with Crippen molar-refractivity contribution < 1.29 is 9.59 Å². The molecular weight excluding hydrogens is 364 g/mol. The molecule has 29 heavy (non-hydrogen) atoms. The Bertz CT molecular complexity index is 866. The second-order valence-corrected chi connectivity index (χ2v) is 8.13. The van der Waals surface area contributed by atoms with E-state index in [4.69, 9.17) is 0 Å². The van der Waals surface area contributed by atoms with E-state index in [1.807, 2.05) is 37.1 Å². The van der Waals surface area contributed by atoms with Gasteiger partial charge in [-0.2, -0.15) is 5.10 Å². The molecule has 2 amide bonds. The summed E-state index contributed by atoms with van der Waals surface area (Å²) in [5, 5.41) is 7.46. The number of rotatable bonds is 6. The number of hydrogen-bond donors (Lipinski definition) is 1. The van der Waals surface area contributed by atoms with E-state index in [1.165, 1.54) is 19.3 Å². The van der Waals surface area contributed by atoms with Gasteiger partial charge in [0, 0.05) is 19.6 Å². The van der Waals surface area contributed by atoms with Crippen LogP contribution in [0, 0.1) is 0 Å². The molecule has 1 aliphatic rings. The van der Waals surface area contributed by atoms with Gasteiger partial charge in [0.1, 0.15) is 5.69 Å². The highest BCUT2D eigenvalue weighted by atomic mass is 16.2. The van der Waals surface area contributed by atoms with Crippen molar-refractivity contribution in [3.05, 3.63) is 47.3 Å². The van der Waals surface area contributed by atoms with Crippen molar-refractivity contribution in [2.45, 2.75) is 71.4 Å². The normalized spacial score (nSPS) is 14.8. The van der Waals surface area contributed by atoms with E-state index in [9.17, 15) is 9.59 Å². The maximum Gasteiger partial charge on any atom is 0.273 e. The van der Waals surface area contributed by atoms with Crippen LogP contribution in [-0.2, 0) is 6.54 Å². The van der Waals surface area contributed by atoms with E-state index in [0.29, 0.717) is 23.5 Å². The molecule has 0 unspecified atom stereocenters. The highest BCUT2D eigenvalue weighted by molar-refractivity contribution is 6.08. The van der Waals surface area contributed by atoms with Gasteiger partial charge in [0.2, 0.25) is 0 Å². The Kier molecular flexibility index (Phi) is 6.72. The molecule has 3 rings (SSSR count). The highest BCUT2D eigenvalue weighted by Gasteiger charge is 2.25. The van der Waals surface area contributed by atoms with Crippen LogP contribution < -0.4 is 5.32 Å². The van der Waals surface area contributed by atoms with Crippen LogP contribution in [0.25, 0.3) is 0 Å². The van der Waals surface area contributed by atoms with Crippen LogP contribution in [0.4, 0.5) is 5.69 Å². The summed E-state index contributed by atoms with van der Waals surface area (Å²) in [6, 6.07) is 9.36. The summed E-state index contributed by atoms with van der Waals surface area (Å²) >= 11 is 0. The average molecular weight is 397 g/mol. The van der Waals surface area contributed by atoms with Gasteiger partial charge in [0.15, 0.2) is 0 Å². The summed E-state index contributed by atoms with van der Waals surface area (Å²) in [6.07, 6.45) is 5.67. The molecule has 6 nitrogen and oxygen atoms in total. The molecular formula is C23H32N4O2. The van der Waals surface area contributed by atoms with Crippen molar-refractivity contribution >= 4 is 17.5 Å². The number of benzene rings is 1. The molecule has 0 atom stereocenters. The predicted molar refractivity (Wildman–Crippen MR) is 115 cm³/mol. The van der Waals surface area contributed by atoms with Crippen LogP contribution in [0.1, 0.15) is 85.3 Å². The summed E-state index contributed by atoms with van der Waals surface area (Å²) in [5.74, 6) is -0.0427. The van der Waals surface area contributed by atoms with E-state index < -0.39 is 0 Å². The van der Waals surface area contributed by atoms with Crippen molar-refractivity contribution in [2.24, 2.45) is 0 Å². The lowest BCUT2D eigenvalue weighted by atomic mass is 9.94. The van der Waals surface area contributed by atoms with Crippen molar-refractivity contribution in [1.29, 1.82) is 0 Å². The minimum atomic E-state index is -0.244. The molecule has 1 aliphatic carbocycles. The van der Waals surface area contributed by atoms with Gasteiger partial charge < -0.3 is 10.2 Å². The largest absolute Gasteiger partial charge is 0.339 e. The number of aryl methyl sites for hydroxylation is 1. The Labute approximate surface area is 173 Å². The van der Waals surface area contributed by atoms with E-state index in [-0.39, 0.29) is 23.8 Å². The summed E-state index contributed by atoms with van der Waals surface area (Å²) in [5.41, 5.74) is 2.47. The number of nitrogens with zero attached hydrogens (tertiary/aromatic N) is 3. The Morgan fingerprint density at radius 2 is 1.90 bits per heavy atom. The third-order valence-electron chi connectivity index (χ3n) is 5.77. The number of carbonyl (C=O) groups is 2. The van der Waals surface area contributed by atoms with Crippen molar-refractivity contribution in [3.63, 3.8) is 0 Å². The second kappa shape index (κ2) is 9.25. The molecule has 0 radical (unpaired) electrons. The van der Waals surface area contributed by atoms with Crippen LogP contribution in [0.3, 0.4) is 0 Å². The Morgan fingerprint density at radius 1 is 1.21 bits per heavy atom. The van der Waals surface area contributed by atoms with Crippen molar-refractivity contribution in [3.8, 4) is 0 Å². The summed E-state index contributed by atoms with van der Waals surface area (Å²) in [4.78, 5) is 28.0. The van der Waals surface area contributed by atoms with E-state index in [0.717, 1.165) is 18.5 Å². The van der Waals surface area contributed by atoms with Gasteiger partial charge in [-0.25, -0.2) is 0 Å². The van der Waals surface area contributed by atoms with Crippen LogP contribution in [0.2, 0.25) is 0 Å². The minimum Gasteiger partial charge on any atom is -0.339 e. The van der Waals surface area contributed by atoms with Gasteiger partial charge in [0.05, 0.1) is 16.9 Å². The molecule has 0 bridgehead atoms. The summed E-state index contributed by atoms with van der Waals surface area (Å²) in [6.45, 7) is 6.68. The summed E-state index contributed by atoms with van der Waals surface area (Å²) in [7, 11) is 1.87. The number of carbonyl (C=O) groups excluding carboxylic acids is 2. The van der Waals surface area contributed by atoms with Gasteiger partial charge in [-0.15, -0.1) is 0 Å². The van der Waals surface area contributed by atoms with Crippen molar-refractivity contribution in [1.82, 2.24) is 14.7 Å². The molecule has 1 N–H and O–H groups in total. The minimum absolute atomic E-state index is 0.0420. The lowest BCUT2D eigenvalue weighted by Gasteiger charge is -2.31. The number of aromatic nitrogens is 2. The summed E-state index contributed by atoms with van der Waals surface area (Å²) < 4.78 is 1.71. The topological polar surface area (TPSA) is 67.2 Å². The molecule has 1 aromatic carbocycles. The first kappa shape index (κ1) is 21.1. The lowest BCUT2D eigenvalue weighted by Crippen LogP contribution is -2.38. The number of anilines is 1. The number of nitrogens with one attached hydrogen (secondary N) is 1. The Balaban J connectivity index is 1.82. The number of hydrogen-bond acceptors (Lipinski definition) is 3. The maximum atomic E-state index is 13.2. The third-order valence-corrected chi connectivity index (χ3v) is 5.77. The fraction of sp³-hybridized carbons (Fsp3) is 0.522. The number of para-hydroxylation sites is 1. The van der Waals surface area contributed by atoms with Gasteiger partial charge in [0.25, 0.3) is 11.8 Å². The average Bonchev–Trinajstić information content (AvgIpc) is 3.19. The fourth-order valence-corrected chi connectivity index (χ4v) is 3.93. The fourth-order valence-electron chi connectivity index (χ4n) is 3.93. The molecule has 1 saturated carbocycles. The zero-order valence-electron chi connectivity index (χ0n) is 17.9. The van der Waals surface area contributed by atoms with E-state index in [2.05, 4.69) is 24.3 Å². The number of amides is 2.